The van der Waals surface area contributed by atoms with E-state index >= 15 is 0 Å². The third-order valence-corrected chi connectivity index (χ3v) is 2.10. The Balaban J connectivity index is 4.03. The average molecular weight is 314 g/mol. The van der Waals surface area contributed by atoms with E-state index in [4.69, 9.17) is 9.47 Å². The second-order valence-electron chi connectivity index (χ2n) is 5.38. The van der Waals surface area contributed by atoms with Crippen molar-refractivity contribution in [1.82, 2.24) is 10.2 Å². The quantitative estimate of drug-likeness (QED) is 0.787. The van der Waals surface area contributed by atoms with Gasteiger partial charge in [-0.2, -0.15) is 13.2 Å². The first-order chi connectivity index (χ1) is 9.33. The summed E-state index contributed by atoms with van der Waals surface area (Å²) in [5.74, 6) is -1.95. The minimum absolute atomic E-state index is 0.157. The lowest BCUT2D eigenvalue weighted by Gasteiger charge is -2.23. The van der Waals surface area contributed by atoms with E-state index in [1.54, 1.807) is 20.8 Å². The lowest BCUT2D eigenvalue weighted by atomic mass is 10.2. The van der Waals surface area contributed by atoms with Crippen LogP contribution in [0, 0.1) is 0 Å². The maximum Gasteiger partial charge on any atom is 0.471 e. The largest absolute Gasteiger partial charge is 0.471 e. The molecule has 0 heterocycles. The van der Waals surface area contributed by atoms with Crippen LogP contribution in [-0.4, -0.2) is 55.1 Å². The second-order valence-corrected chi connectivity index (χ2v) is 5.38. The number of rotatable bonds is 5. The summed E-state index contributed by atoms with van der Waals surface area (Å²) in [6.07, 6.45) is -6.36. The van der Waals surface area contributed by atoms with E-state index in [9.17, 15) is 22.8 Å². The van der Waals surface area contributed by atoms with Gasteiger partial charge < -0.3 is 14.4 Å². The van der Waals surface area contributed by atoms with Gasteiger partial charge in [-0.05, 0) is 27.7 Å². The summed E-state index contributed by atoms with van der Waals surface area (Å²) in [7, 11) is 1.02. The molecule has 1 unspecified atom stereocenters. The Kier molecular flexibility index (Phi) is 6.95. The fourth-order valence-electron chi connectivity index (χ4n) is 1.20. The predicted octanol–water partition coefficient (Wildman–Crippen LogP) is 1.89. The number of halogens is 3. The van der Waals surface area contributed by atoms with Crippen LogP contribution in [0.1, 0.15) is 27.7 Å². The first-order valence-electron chi connectivity index (χ1n) is 6.26. The number of nitrogens with zero attached hydrogens (tertiary/aromatic N) is 1. The summed E-state index contributed by atoms with van der Waals surface area (Å²) in [5, 5.41) is 2.36. The molecule has 0 aliphatic carbocycles. The van der Waals surface area contributed by atoms with E-state index in [-0.39, 0.29) is 13.2 Å². The topological polar surface area (TPSA) is 67.9 Å². The molecule has 0 spiro atoms. The number of nitrogens with one attached hydrogen (secondary N) is 1. The van der Waals surface area contributed by atoms with Gasteiger partial charge in [0, 0.05) is 13.6 Å². The van der Waals surface area contributed by atoms with Crippen LogP contribution in [0.5, 0.6) is 0 Å². The summed E-state index contributed by atoms with van der Waals surface area (Å²) in [6, 6.07) is 0. The number of amides is 2. The Morgan fingerprint density at radius 1 is 1.24 bits per heavy atom. The molecule has 1 atom stereocenters. The molecular weight excluding hydrogens is 293 g/mol. The number of ether oxygens (including phenoxy) is 2. The highest BCUT2D eigenvalue weighted by atomic mass is 19.4. The molecule has 0 bridgehead atoms. The molecule has 2 amide bonds. The lowest BCUT2D eigenvalue weighted by Crippen LogP contribution is -2.42. The van der Waals surface area contributed by atoms with Gasteiger partial charge in [0.1, 0.15) is 11.8 Å². The molecule has 0 saturated carbocycles. The smallest absolute Gasteiger partial charge is 0.444 e. The molecular formula is C12H21F3N2O4. The van der Waals surface area contributed by atoms with Crippen LogP contribution in [0.25, 0.3) is 0 Å². The number of hydrogen-bond acceptors (Lipinski definition) is 4. The van der Waals surface area contributed by atoms with Gasteiger partial charge in [-0.1, -0.05) is 0 Å². The van der Waals surface area contributed by atoms with E-state index in [0.717, 1.165) is 7.05 Å². The zero-order chi connectivity index (χ0) is 16.8. The molecule has 0 aliphatic heterocycles. The third kappa shape index (κ3) is 9.11. The zero-order valence-corrected chi connectivity index (χ0v) is 12.7. The van der Waals surface area contributed by atoms with Gasteiger partial charge in [0.2, 0.25) is 0 Å². The molecule has 6 nitrogen and oxygen atoms in total. The third-order valence-electron chi connectivity index (χ3n) is 2.10. The van der Waals surface area contributed by atoms with Crippen molar-refractivity contribution in [3.05, 3.63) is 0 Å². The fourth-order valence-corrected chi connectivity index (χ4v) is 1.20. The van der Waals surface area contributed by atoms with Crippen LogP contribution >= 0.6 is 0 Å². The molecule has 0 aromatic heterocycles. The van der Waals surface area contributed by atoms with Crippen molar-refractivity contribution < 1.29 is 32.2 Å². The number of alkyl halides is 3. The Labute approximate surface area is 121 Å². The first kappa shape index (κ1) is 19.5. The Hall–Kier alpha value is -1.51. The van der Waals surface area contributed by atoms with Crippen LogP contribution in [0.4, 0.5) is 18.0 Å². The number of carbonyl (C=O) groups is 2. The van der Waals surface area contributed by atoms with Gasteiger partial charge in [-0.15, -0.1) is 0 Å². The van der Waals surface area contributed by atoms with Gasteiger partial charge in [0.25, 0.3) is 0 Å². The van der Waals surface area contributed by atoms with E-state index in [1.165, 1.54) is 6.92 Å². The van der Waals surface area contributed by atoms with Crippen molar-refractivity contribution in [2.24, 2.45) is 0 Å². The summed E-state index contributed by atoms with van der Waals surface area (Å²) in [4.78, 5) is 22.7. The summed E-state index contributed by atoms with van der Waals surface area (Å²) in [6.45, 7) is 6.16. The van der Waals surface area contributed by atoms with E-state index < -0.39 is 30.0 Å². The molecule has 0 aromatic carbocycles. The molecule has 0 saturated heterocycles. The van der Waals surface area contributed by atoms with E-state index in [1.807, 2.05) is 0 Å². The van der Waals surface area contributed by atoms with E-state index in [0.29, 0.717) is 4.90 Å². The molecule has 0 rings (SSSR count). The molecule has 0 fully saturated rings. The van der Waals surface area contributed by atoms with Crippen molar-refractivity contribution in [3.8, 4) is 0 Å². The lowest BCUT2D eigenvalue weighted by molar-refractivity contribution is -0.184. The molecule has 0 aliphatic rings. The van der Waals surface area contributed by atoms with Gasteiger partial charge in [-0.25, -0.2) is 4.79 Å². The summed E-state index contributed by atoms with van der Waals surface area (Å²) >= 11 is 0. The van der Waals surface area contributed by atoms with Crippen molar-refractivity contribution in [2.75, 3.05) is 20.2 Å². The van der Waals surface area contributed by atoms with Crippen LogP contribution in [0.3, 0.4) is 0 Å². The minimum atomic E-state index is -4.91. The molecule has 9 heteroatoms. The minimum Gasteiger partial charge on any atom is -0.444 e. The normalized spacial score (nSPS) is 13.5. The number of alkyl carbamates (subject to hydrolysis) is 1. The molecule has 124 valence electrons. The standard InChI is InChI=1S/C12H21F3N2O4/c1-8(16-10(19)21-11(2,3)4)20-7-6-17(5)9(18)12(13,14)15/h8H,6-7H2,1-5H3,(H,16,19). The molecule has 0 radical (unpaired) electrons. The molecule has 21 heavy (non-hydrogen) atoms. The zero-order valence-electron chi connectivity index (χ0n) is 12.7. The van der Waals surface area contributed by atoms with E-state index in [2.05, 4.69) is 5.32 Å². The Bertz CT molecular complexity index is 366. The first-order valence-corrected chi connectivity index (χ1v) is 6.26. The highest BCUT2D eigenvalue weighted by Gasteiger charge is 2.41. The van der Waals surface area contributed by atoms with Crippen LogP contribution < -0.4 is 5.32 Å². The Morgan fingerprint density at radius 2 is 1.76 bits per heavy atom. The monoisotopic (exact) mass is 314 g/mol. The van der Waals surface area contributed by atoms with Crippen LogP contribution in [-0.2, 0) is 14.3 Å². The van der Waals surface area contributed by atoms with Crippen LogP contribution in [0.2, 0.25) is 0 Å². The number of carbonyl (C=O) groups excluding carboxylic acids is 2. The van der Waals surface area contributed by atoms with Crippen molar-refractivity contribution in [3.63, 3.8) is 0 Å². The fraction of sp³-hybridized carbons (Fsp3) is 0.833. The maximum atomic E-state index is 12.1. The SMILES string of the molecule is CC(NC(=O)OC(C)(C)C)OCCN(C)C(=O)C(F)(F)F. The van der Waals surface area contributed by atoms with Gasteiger partial charge >= 0.3 is 18.2 Å². The highest BCUT2D eigenvalue weighted by Crippen LogP contribution is 2.17. The maximum absolute atomic E-state index is 12.1. The van der Waals surface area contributed by atoms with Crippen LogP contribution in [0.15, 0.2) is 0 Å². The van der Waals surface area contributed by atoms with Crippen molar-refractivity contribution in [2.45, 2.75) is 45.7 Å². The number of likely N-dealkylation sites (N-methyl/N-ethyl adjacent to an activating group) is 1. The predicted molar refractivity (Wildman–Crippen MR) is 68.5 cm³/mol. The highest BCUT2D eigenvalue weighted by molar-refractivity contribution is 5.81. The number of hydrogen-bond donors (Lipinski definition) is 1. The Morgan fingerprint density at radius 3 is 2.19 bits per heavy atom. The van der Waals surface area contributed by atoms with Crippen molar-refractivity contribution in [1.29, 1.82) is 0 Å². The second kappa shape index (κ2) is 7.48. The molecule has 1 N–H and O–H groups in total. The average Bonchev–Trinajstić information content (AvgIpc) is 2.23. The van der Waals surface area contributed by atoms with Crippen molar-refractivity contribution >= 4 is 12.0 Å². The molecule has 0 aromatic rings. The van der Waals surface area contributed by atoms with Gasteiger partial charge in [0.15, 0.2) is 0 Å². The van der Waals surface area contributed by atoms with Gasteiger partial charge in [0.05, 0.1) is 6.61 Å². The summed E-state index contributed by atoms with van der Waals surface area (Å²) < 4.78 is 46.4. The summed E-state index contributed by atoms with van der Waals surface area (Å²) in [5.41, 5.74) is -0.664. The van der Waals surface area contributed by atoms with Gasteiger partial charge in [-0.3, -0.25) is 10.1 Å².